The number of hydrogen-bond donors (Lipinski definition) is 4. The first kappa shape index (κ1) is 18.6. The minimum Gasteiger partial charge on any atom is -0.394 e. The van der Waals surface area contributed by atoms with Gasteiger partial charge >= 0.3 is 0 Å². The third-order valence-electron chi connectivity index (χ3n) is 4.30. The molecule has 5 atom stereocenters. The van der Waals surface area contributed by atoms with E-state index in [0.29, 0.717) is 11.5 Å². The summed E-state index contributed by atoms with van der Waals surface area (Å²) < 4.78 is 6.58. The van der Waals surface area contributed by atoms with E-state index in [1.807, 2.05) is 0 Å². The van der Waals surface area contributed by atoms with Crippen LogP contribution in [0.3, 0.4) is 0 Å². The zero-order valence-electron chi connectivity index (χ0n) is 14.5. The van der Waals surface area contributed by atoms with E-state index < -0.39 is 42.8 Å². The third-order valence-corrected chi connectivity index (χ3v) is 4.30. The average Bonchev–Trinajstić information content (AvgIpc) is 2.61. The van der Waals surface area contributed by atoms with E-state index in [9.17, 15) is 25.2 Å². The molecular weight excluding hydrogens is 346 g/mol. The van der Waals surface area contributed by atoms with Crippen LogP contribution in [-0.2, 0) is 4.74 Å². The molecular formula is C15H21N5O6. The number of aromatic nitrogens is 4. The van der Waals surface area contributed by atoms with Crippen molar-refractivity contribution in [2.45, 2.75) is 37.6 Å². The van der Waals surface area contributed by atoms with Gasteiger partial charge in [-0.15, -0.1) is 0 Å². The molecule has 3 heterocycles. The van der Waals surface area contributed by atoms with Crippen LogP contribution >= 0.6 is 0 Å². The van der Waals surface area contributed by atoms with Crippen LogP contribution in [0.25, 0.3) is 11.2 Å². The normalized spacial score (nSPS) is 29.1. The molecule has 2 aromatic heterocycles. The summed E-state index contributed by atoms with van der Waals surface area (Å²) in [6.07, 6.45) is -5.84. The van der Waals surface area contributed by atoms with E-state index in [1.54, 1.807) is 19.0 Å². The number of rotatable bonds is 3. The SMILES string of the molecule is Cc1nc2cnc(N(C)C)nc2n([C@@H]2O[C@H](CO)[C@H](O)[C@H](O)[C@H]2O)c1=O. The van der Waals surface area contributed by atoms with Crippen molar-refractivity contribution in [2.24, 2.45) is 0 Å². The number of hydrogen-bond acceptors (Lipinski definition) is 10. The highest BCUT2D eigenvalue weighted by atomic mass is 16.6. The fourth-order valence-corrected chi connectivity index (χ4v) is 2.86. The highest BCUT2D eigenvalue weighted by Crippen LogP contribution is 2.29. The van der Waals surface area contributed by atoms with Gasteiger partial charge in [0.2, 0.25) is 5.95 Å². The van der Waals surface area contributed by atoms with Crippen LogP contribution in [0.1, 0.15) is 11.9 Å². The molecule has 1 aliphatic heterocycles. The Morgan fingerprint density at radius 1 is 1.19 bits per heavy atom. The lowest BCUT2D eigenvalue weighted by Crippen LogP contribution is -2.57. The van der Waals surface area contributed by atoms with Crippen LogP contribution < -0.4 is 10.5 Å². The van der Waals surface area contributed by atoms with Crippen LogP contribution in [0, 0.1) is 6.92 Å². The first-order chi connectivity index (χ1) is 12.3. The minimum absolute atomic E-state index is 0.101. The van der Waals surface area contributed by atoms with Gasteiger partial charge in [0.15, 0.2) is 11.9 Å². The molecule has 1 fully saturated rings. The summed E-state index contributed by atoms with van der Waals surface area (Å²) in [7, 11) is 3.44. The molecule has 0 aromatic carbocycles. The molecule has 0 aliphatic carbocycles. The highest BCUT2D eigenvalue weighted by molar-refractivity contribution is 5.70. The molecule has 3 rings (SSSR count). The van der Waals surface area contributed by atoms with E-state index >= 15 is 0 Å². The van der Waals surface area contributed by atoms with E-state index in [0.717, 1.165) is 4.57 Å². The largest absolute Gasteiger partial charge is 0.394 e. The second-order valence-corrected chi connectivity index (χ2v) is 6.37. The van der Waals surface area contributed by atoms with Crippen molar-refractivity contribution >= 4 is 17.1 Å². The second kappa shape index (κ2) is 6.85. The van der Waals surface area contributed by atoms with E-state index in [2.05, 4.69) is 15.0 Å². The molecule has 4 N–H and O–H groups in total. The molecule has 0 amide bonds. The number of aliphatic hydroxyl groups excluding tert-OH is 4. The van der Waals surface area contributed by atoms with Crippen molar-refractivity contribution in [3.63, 3.8) is 0 Å². The molecule has 1 aliphatic rings. The number of anilines is 1. The Hall–Kier alpha value is -2.18. The molecule has 0 spiro atoms. The van der Waals surface area contributed by atoms with Gasteiger partial charge in [-0.05, 0) is 6.92 Å². The highest BCUT2D eigenvalue weighted by Gasteiger charge is 2.45. The Labute approximate surface area is 148 Å². The van der Waals surface area contributed by atoms with Gasteiger partial charge in [-0.3, -0.25) is 9.36 Å². The van der Waals surface area contributed by atoms with Gasteiger partial charge in [0.1, 0.15) is 35.6 Å². The van der Waals surface area contributed by atoms with Gasteiger partial charge < -0.3 is 30.1 Å². The van der Waals surface area contributed by atoms with Crippen LogP contribution in [-0.4, -0.2) is 85.1 Å². The molecule has 11 nitrogen and oxygen atoms in total. The Morgan fingerprint density at radius 3 is 2.50 bits per heavy atom. The molecule has 0 radical (unpaired) electrons. The molecule has 0 unspecified atom stereocenters. The Morgan fingerprint density at radius 2 is 1.88 bits per heavy atom. The predicted molar refractivity (Wildman–Crippen MR) is 89.7 cm³/mol. The molecule has 11 heteroatoms. The van der Waals surface area contributed by atoms with Crippen LogP contribution in [0.2, 0.25) is 0 Å². The maximum atomic E-state index is 12.7. The number of ether oxygens (including phenoxy) is 1. The third kappa shape index (κ3) is 2.93. The quantitative estimate of drug-likeness (QED) is 0.459. The van der Waals surface area contributed by atoms with Crippen molar-refractivity contribution in [1.82, 2.24) is 19.5 Å². The summed E-state index contributed by atoms with van der Waals surface area (Å²) >= 11 is 0. The predicted octanol–water partition coefficient (Wildman–Crippen LogP) is -2.47. The smallest absolute Gasteiger partial charge is 0.275 e. The van der Waals surface area contributed by atoms with Gasteiger partial charge in [0, 0.05) is 14.1 Å². The number of nitrogens with zero attached hydrogens (tertiary/aromatic N) is 5. The Kier molecular flexibility index (Phi) is 4.90. The molecule has 0 bridgehead atoms. The molecule has 1 saturated heterocycles. The fraction of sp³-hybridized carbons (Fsp3) is 0.600. The fourth-order valence-electron chi connectivity index (χ4n) is 2.86. The van der Waals surface area contributed by atoms with Crippen molar-refractivity contribution in [3.8, 4) is 0 Å². The van der Waals surface area contributed by atoms with Gasteiger partial charge in [-0.2, -0.15) is 4.98 Å². The monoisotopic (exact) mass is 367 g/mol. The van der Waals surface area contributed by atoms with Crippen LogP contribution in [0.15, 0.2) is 11.0 Å². The van der Waals surface area contributed by atoms with E-state index in [4.69, 9.17) is 4.74 Å². The first-order valence-corrected chi connectivity index (χ1v) is 8.00. The second-order valence-electron chi connectivity index (χ2n) is 6.37. The number of fused-ring (bicyclic) bond motifs is 1. The summed E-state index contributed by atoms with van der Waals surface area (Å²) in [5.74, 6) is 0.306. The average molecular weight is 367 g/mol. The topological polar surface area (TPSA) is 154 Å². The Bertz CT molecular complexity index is 869. The van der Waals surface area contributed by atoms with E-state index in [1.165, 1.54) is 13.1 Å². The van der Waals surface area contributed by atoms with E-state index in [-0.39, 0.29) is 11.3 Å². The van der Waals surface area contributed by atoms with Crippen molar-refractivity contribution < 1.29 is 25.2 Å². The van der Waals surface area contributed by atoms with Crippen molar-refractivity contribution in [2.75, 3.05) is 25.6 Å². The summed E-state index contributed by atoms with van der Waals surface area (Å²) in [5, 5.41) is 39.7. The lowest BCUT2D eigenvalue weighted by Gasteiger charge is -2.40. The maximum Gasteiger partial charge on any atom is 0.275 e. The van der Waals surface area contributed by atoms with Crippen molar-refractivity contribution in [1.29, 1.82) is 0 Å². The minimum atomic E-state index is -1.62. The van der Waals surface area contributed by atoms with Gasteiger partial charge in [0.05, 0.1) is 12.8 Å². The summed E-state index contributed by atoms with van der Waals surface area (Å²) in [4.78, 5) is 26.9. The Balaban J connectivity index is 2.23. The van der Waals surface area contributed by atoms with Gasteiger partial charge in [-0.25, -0.2) is 9.97 Å². The van der Waals surface area contributed by atoms with Gasteiger partial charge in [0.25, 0.3) is 5.56 Å². The first-order valence-electron chi connectivity index (χ1n) is 8.00. The summed E-state index contributed by atoms with van der Waals surface area (Å²) in [6.45, 7) is 0.887. The number of aliphatic hydroxyl groups is 4. The molecule has 142 valence electrons. The van der Waals surface area contributed by atoms with Crippen LogP contribution in [0.4, 0.5) is 5.95 Å². The summed E-state index contributed by atoms with van der Waals surface area (Å²) in [5.41, 5.74) is -0.0609. The molecule has 26 heavy (non-hydrogen) atoms. The lowest BCUT2D eigenvalue weighted by molar-refractivity contribution is -0.251. The standard InChI is InChI=1S/C15H21N5O6/c1-6-13(25)20(12-7(17-6)4-16-15(18-12)19(2)3)14-11(24)10(23)9(22)8(5-21)26-14/h4,8-11,14,21-24H,5H2,1-3H3/t8-,9+,10+,11-,14-/m1/s1. The van der Waals surface area contributed by atoms with Crippen molar-refractivity contribution in [3.05, 3.63) is 22.2 Å². The lowest BCUT2D eigenvalue weighted by atomic mass is 9.98. The summed E-state index contributed by atoms with van der Waals surface area (Å²) in [6, 6.07) is 0. The molecule has 0 saturated carbocycles. The zero-order chi connectivity index (χ0) is 19.2. The van der Waals surface area contributed by atoms with Crippen LogP contribution in [0.5, 0.6) is 0 Å². The van der Waals surface area contributed by atoms with Gasteiger partial charge in [-0.1, -0.05) is 0 Å². The maximum absolute atomic E-state index is 12.7. The zero-order valence-corrected chi connectivity index (χ0v) is 14.5. The number of aryl methyl sites for hydroxylation is 1. The molecule has 2 aromatic rings.